The quantitative estimate of drug-likeness (QED) is 0.833. The highest BCUT2D eigenvalue weighted by molar-refractivity contribution is 9.10. The van der Waals surface area contributed by atoms with Gasteiger partial charge >= 0.3 is 0 Å². The molecule has 1 aromatic heterocycles. The maximum absolute atomic E-state index is 11.1. The first kappa shape index (κ1) is 10.0. The van der Waals surface area contributed by atoms with E-state index in [0.29, 0.717) is 16.5 Å². The Morgan fingerprint density at radius 1 is 1.40 bits per heavy atom. The molecule has 0 spiro atoms. The number of ether oxygens (including phenoxy) is 1. The number of methoxy groups -OCH3 is 1. The lowest BCUT2D eigenvalue weighted by Crippen LogP contribution is -2.02. The molecule has 0 fully saturated rings. The molecule has 5 heteroatoms. The molecule has 0 unspecified atom stereocenters. The predicted molar refractivity (Wildman–Crippen MR) is 60.5 cm³/mol. The molecule has 0 saturated heterocycles. The van der Waals surface area contributed by atoms with Gasteiger partial charge in [0.15, 0.2) is 5.88 Å². The van der Waals surface area contributed by atoms with Gasteiger partial charge in [-0.05, 0) is 33.4 Å². The van der Waals surface area contributed by atoms with Crippen LogP contribution in [0.2, 0.25) is 0 Å². The topological polar surface area (TPSA) is 62.3 Å². The van der Waals surface area contributed by atoms with Crippen molar-refractivity contribution >= 4 is 26.7 Å². The summed E-state index contributed by atoms with van der Waals surface area (Å²) in [6, 6.07) is 4.80. The molecule has 78 valence electrons. The van der Waals surface area contributed by atoms with Crippen molar-refractivity contribution < 1.29 is 9.84 Å². The fourth-order valence-electron chi connectivity index (χ4n) is 1.41. The summed E-state index contributed by atoms with van der Waals surface area (Å²) >= 11 is 3.31. The van der Waals surface area contributed by atoms with E-state index in [9.17, 15) is 9.90 Å². The van der Waals surface area contributed by atoms with Crippen molar-refractivity contribution in [3.8, 4) is 11.6 Å². The van der Waals surface area contributed by atoms with Crippen molar-refractivity contribution in [1.82, 2.24) is 4.98 Å². The lowest BCUT2D eigenvalue weighted by atomic mass is 10.1. The van der Waals surface area contributed by atoms with Gasteiger partial charge in [-0.3, -0.25) is 9.78 Å². The maximum Gasteiger partial charge on any atom is 0.251 e. The number of hydrogen-bond acceptors (Lipinski definition) is 3. The van der Waals surface area contributed by atoms with Crippen molar-refractivity contribution in [3.63, 3.8) is 0 Å². The Balaban J connectivity index is 2.87. The van der Waals surface area contributed by atoms with E-state index in [4.69, 9.17) is 4.74 Å². The second-order valence-electron chi connectivity index (χ2n) is 3.06. The van der Waals surface area contributed by atoms with Gasteiger partial charge in [0, 0.05) is 11.5 Å². The highest BCUT2D eigenvalue weighted by atomic mass is 79.9. The van der Waals surface area contributed by atoms with E-state index in [2.05, 4.69) is 20.9 Å². The van der Waals surface area contributed by atoms with E-state index in [0.717, 1.165) is 4.47 Å². The number of benzene rings is 1. The van der Waals surface area contributed by atoms with Gasteiger partial charge in [-0.25, -0.2) is 0 Å². The Hall–Kier alpha value is -1.49. The first-order valence-electron chi connectivity index (χ1n) is 4.21. The zero-order valence-electron chi connectivity index (χ0n) is 7.87. The van der Waals surface area contributed by atoms with Gasteiger partial charge in [-0.1, -0.05) is 0 Å². The molecule has 4 nitrogen and oxygen atoms in total. The molecular formula is C10H8BrNO3. The summed E-state index contributed by atoms with van der Waals surface area (Å²) in [6.45, 7) is 0. The van der Waals surface area contributed by atoms with Crippen molar-refractivity contribution in [2.75, 3.05) is 7.11 Å². The number of aromatic amines is 1. The van der Waals surface area contributed by atoms with Crippen LogP contribution in [-0.2, 0) is 0 Å². The molecule has 2 aromatic rings. The van der Waals surface area contributed by atoms with Crippen LogP contribution in [0.1, 0.15) is 0 Å². The van der Waals surface area contributed by atoms with E-state index in [1.54, 1.807) is 12.1 Å². The molecule has 0 aliphatic heterocycles. The van der Waals surface area contributed by atoms with E-state index >= 15 is 0 Å². The molecule has 0 aliphatic carbocycles. The Labute approximate surface area is 93.6 Å². The second kappa shape index (κ2) is 3.58. The summed E-state index contributed by atoms with van der Waals surface area (Å²) in [5.41, 5.74) is -0.336. The number of H-pyrrole nitrogens is 1. The molecular weight excluding hydrogens is 262 g/mol. The van der Waals surface area contributed by atoms with Crippen LogP contribution in [-0.4, -0.2) is 17.2 Å². The number of aromatic nitrogens is 1. The summed E-state index contributed by atoms with van der Waals surface area (Å²) in [5.74, 6) is 0.452. The molecule has 0 amide bonds. The molecule has 0 saturated carbocycles. The molecule has 2 N–H and O–H groups in total. The van der Waals surface area contributed by atoms with Crippen molar-refractivity contribution in [2.24, 2.45) is 0 Å². The van der Waals surface area contributed by atoms with Gasteiger partial charge < -0.3 is 9.84 Å². The summed E-state index contributed by atoms with van der Waals surface area (Å²) in [6.07, 6.45) is 0. The Bertz CT molecular complexity index is 577. The lowest BCUT2D eigenvalue weighted by Gasteiger charge is -2.06. The summed E-state index contributed by atoms with van der Waals surface area (Å²) in [7, 11) is 1.54. The third-order valence-corrected chi connectivity index (χ3v) is 2.73. The van der Waals surface area contributed by atoms with Crippen LogP contribution in [0.4, 0.5) is 0 Å². The number of fused-ring (bicyclic) bond motifs is 1. The molecule has 0 atom stereocenters. The van der Waals surface area contributed by atoms with Gasteiger partial charge in [-0.15, -0.1) is 0 Å². The largest absolute Gasteiger partial charge is 0.496 e. The molecule has 0 bridgehead atoms. The second-order valence-corrected chi connectivity index (χ2v) is 3.91. The zero-order valence-corrected chi connectivity index (χ0v) is 9.46. The maximum atomic E-state index is 11.1. The normalized spacial score (nSPS) is 10.5. The predicted octanol–water partition coefficient (Wildman–Crippen LogP) is 2.00. The Morgan fingerprint density at radius 3 is 2.80 bits per heavy atom. The molecule has 1 heterocycles. The molecule has 0 aliphatic rings. The van der Waals surface area contributed by atoms with Gasteiger partial charge in [0.25, 0.3) is 5.56 Å². The number of aromatic hydroxyl groups is 1. The van der Waals surface area contributed by atoms with Gasteiger partial charge in [0.1, 0.15) is 5.75 Å². The molecule has 0 radical (unpaired) electrons. The number of halogens is 1. The van der Waals surface area contributed by atoms with E-state index < -0.39 is 0 Å². The highest BCUT2D eigenvalue weighted by Gasteiger charge is 2.07. The van der Waals surface area contributed by atoms with E-state index in [1.165, 1.54) is 13.2 Å². The summed E-state index contributed by atoms with van der Waals surface area (Å²) < 4.78 is 5.83. The zero-order chi connectivity index (χ0) is 11.0. The van der Waals surface area contributed by atoms with Crippen LogP contribution >= 0.6 is 15.9 Å². The van der Waals surface area contributed by atoms with Crippen LogP contribution < -0.4 is 10.3 Å². The van der Waals surface area contributed by atoms with Crippen molar-refractivity contribution in [1.29, 1.82) is 0 Å². The third kappa shape index (κ3) is 1.70. The van der Waals surface area contributed by atoms with E-state index in [-0.39, 0.29) is 11.4 Å². The third-order valence-electron chi connectivity index (χ3n) is 2.11. The van der Waals surface area contributed by atoms with Crippen LogP contribution in [0, 0.1) is 0 Å². The number of nitrogens with one attached hydrogen (secondary N) is 1. The SMILES string of the molecule is COc1cc2c(O)[nH]c(=O)cc2cc1Br. The first-order valence-corrected chi connectivity index (χ1v) is 5.00. The minimum Gasteiger partial charge on any atom is -0.496 e. The Kier molecular flexibility index (Phi) is 2.40. The summed E-state index contributed by atoms with van der Waals surface area (Å²) in [5, 5.41) is 10.7. The molecule has 2 rings (SSSR count). The highest BCUT2D eigenvalue weighted by Crippen LogP contribution is 2.32. The fraction of sp³-hybridized carbons (Fsp3) is 0.100. The smallest absolute Gasteiger partial charge is 0.251 e. The number of rotatable bonds is 1. The minimum atomic E-state index is -0.336. The van der Waals surface area contributed by atoms with Crippen molar-refractivity contribution in [3.05, 3.63) is 33.0 Å². The van der Waals surface area contributed by atoms with E-state index in [1.807, 2.05) is 0 Å². The van der Waals surface area contributed by atoms with Crippen molar-refractivity contribution in [2.45, 2.75) is 0 Å². The molecule has 15 heavy (non-hydrogen) atoms. The minimum absolute atomic E-state index is 0.150. The van der Waals surface area contributed by atoms with Crippen LogP contribution in [0.5, 0.6) is 11.6 Å². The van der Waals surface area contributed by atoms with Gasteiger partial charge in [0.05, 0.1) is 11.6 Å². The first-order chi connectivity index (χ1) is 7.11. The fourth-order valence-corrected chi connectivity index (χ4v) is 1.93. The van der Waals surface area contributed by atoms with Crippen LogP contribution in [0.3, 0.4) is 0 Å². The summed E-state index contributed by atoms with van der Waals surface area (Å²) in [4.78, 5) is 13.4. The van der Waals surface area contributed by atoms with Gasteiger partial charge in [-0.2, -0.15) is 0 Å². The van der Waals surface area contributed by atoms with Gasteiger partial charge in [0.2, 0.25) is 0 Å². The number of hydrogen-bond donors (Lipinski definition) is 2. The average molecular weight is 270 g/mol. The van der Waals surface area contributed by atoms with Crippen LogP contribution in [0.25, 0.3) is 10.8 Å². The Morgan fingerprint density at radius 2 is 2.13 bits per heavy atom. The molecule has 1 aromatic carbocycles. The number of pyridine rings is 1. The standard InChI is InChI=1S/C10H8BrNO3/c1-15-8-4-6-5(2-7(8)11)3-9(13)12-10(6)14/h2-4H,1H3,(H2,12,13,14). The van der Waals surface area contributed by atoms with Crippen LogP contribution in [0.15, 0.2) is 27.5 Å². The average Bonchev–Trinajstić information content (AvgIpc) is 2.16. The lowest BCUT2D eigenvalue weighted by molar-refractivity contribution is 0.412. The monoisotopic (exact) mass is 269 g/mol.